The second-order valence-electron chi connectivity index (χ2n) is 6.02. The predicted octanol–water partition coefficient (Wildman–Crippen LogP) is 3.77. The molecule has 0 aliphatic heterocycles. The van der Waals surface area contributed by atoms with Crippen molar-refractivity contribution in [3.63, 3.8) is 0 Å². The van der Waals surface area contributed by atoms with Gasteiger partial charge in [0.05, 0.1) is 10.6 Å². The number of aromatic nitrogens is 2. The molecule has 6 heteroatoms. The molecule has 0 spiro atoms. The summed E-state index contributed by atoms with van der Waals surface area (Å²) in [6.45, 7) is 6.16. The van der Waals surface area contributed by atoms with E-state index in [-0.39, 0.29) is 16.8 Å². The highest BCUT2D eigenvalue weighted by Crippen LogP contribution is 2.34. The van der Waals surface area contributed by atoms with Crippen LogP contribution in [0.15, 0.2) is 28.7 Å². The van der Waals surface area contributed by atoms with Crippen LogP contribution in [0.2, 0.25) is 0 Å². The zero-order chi connectivity index (χ0) is 15.2. The largest absolute Gasteiger partial charge is 0.456 e. The van der Waals surface area contributed by atoms with Gasteiger partial charge in [0.25, 0.3) is 0 Å². The lowest BCUT2D eigenvalue weighted by Gasteiger charge is -2.18. The fourth-order valence-electron chi connectivity index (χ4n) is 2.25. The van der Waals surface area contributed by atoms with Gasteiger partial charge in [-0.25, -0.2) is 4.39 Å². The van der Waals surface area contributed by atoms with Crippen molar-refractivity contribution in [2.24, 2.45) is 5.73 Å². The molecule has 1 atom stereocenters. The Morgan fingerprint density at radius 1 is 1.33 bits per heavy atom. The predicted molar refractivity (Wildman–Crippen MR) is 80.8 cm³/mol. The van der Waals surface area contributed by atoms with Gasteiger partial charge in [0.15, 0.2) is 11.4 Å². The van der Waals surface area contributed by atoms with E-state index >= 15 is 0 Å². The Labute approximate surface area is 125 Å². The number of nitrogens with two attached hydrogens (primary N) is 1. The minimum Gasteiger partial charge on any atom is -0.456 e. The third-order valence-corrected chi connectivity index (χ3v) is 4.14. The fourth-order valence-corrected chi connectivity index (χ4v) is 3.12. The molecule has 0 bridgehead atoms. The maximum Gasteiger partial charge on any atom is 0.169 e. The first-order valence-electron chi connectivity index (χ1n) is 6.64. The molecule has 0 aliphatic carbocycles. The van der Waals surface area contributed by atoms with Crippen molar-refractivity contribution in [3.05, 3.63) is 46.4 Å². The highest BCUT2D eigenvalue weighted by molar-refractivity contribution is 7.05. The first-order valence-corrected chi connectivity index (χ1v) is 7.41. The van der Waals surface area contributed by atoms with Crippen LogP contribution >= 0.6 is 11.5 Å². The molecule has 2 aromatic heterocycles. The molecular weight excluding hydrogens is 289 g/mol. The van der Waals surface area contributed by atoms with E-state index in [1.807, 2.05) is 0 Å². The van der Waals surface area contributed by atoms with Crippen molar-refractivity contribution < 1.29 is 8.81 Å². The summed E-state index contributed by atoms with van der Waals surface area (Å²) in [7, 11) is 0. The van der Waals surface area contributed by atoms with Gasteiger partial charge in [-0.15, -0.1) is 5.10 Å². The van der Waals surface area contributed by atoms with E-state index in [0.29, 0.717) is 11.1 Å². The number of hydrogen-bond acceptors (Lipinski definition) is 5. The van der Waals surface area contributed by atoms with E-state index in [1.54, 1.807) is 18.2 Å². The standard InChI is InChI=1S/C15H16FN3OS/c1-15(2,3)14-13(21-19-18-14)11(17)10-7-8-5-4-6-9(16)12(8)20-10/h4-7,11H,17H2,1-3H3. The Morgan fingerprint density at radius 3 is 2.76 bits per heavy atom. The quantitative estimate of drug-likeness (QED) is 0.782. The average molecular weight is 305 g/mol. The highest BCUT2D eigenvalue weighted by atomic mass is 32.1. The number of rotatable bonds is 2. The van der Waals surface area contributed by atoms with Crippen molar-refractivity contribution in [1.82, 2.24) is 9.59 Å². The summed E-state index contributed by atoms with van der Waals surface area (Å²) in [5.41, 5.74) is 7.21. The van der Waals surface area contributed by atoms with E-state index in [1.165, 1.54) is 17.6 Å². The third-order valence-electron chi connectivity index (χ3n) is 3.33. The summed E-state index contributed by atoms with van der Waals surface area (Å²) >= 11 is 1.25. The number of halogens is 1. The number of benzene rings is 1. The van der Waals surface area contributed by atoms with Crippen LogP contribution in [0.5, 0.6) is 0 Å². The molecule has 0 amide bonds. The monoisotopic (exact) mass is 305 g/mol. The number of hydrogen-bond donors (Lipinski definition) is 1. The molecule has 3 rings (SSSR count). The Bertz CT molecular complexity index is 788. The van der Waals surface area contributed by atoms with Crippen molar-refractivity contribution in [2.75, 3.05) is 0 Å². The molecule has 2 heterocycles. The maximum absolute atomic E-state index is 13.7. The molecule has 1 aromatic carbocycles. The summed E-state index contributed by atoms with van der Waals surface area (Å²) in [6.07, 6.45) is 0. The molecule has 0 saturated heterocycles. The molecule has 3 aromatic rings. The third kappa shape index (κ3) is 2.45. The molecule has 2 N–H and O–H groups in total. The molecule has 0 radical (unpaired) electrons. The summed E-state index contributed by atoms with van der Waals surface area (Å²) in [5.74, 6) is 0.135. The second-order valence-corrected chi connectivity index (χ2v) is 6.81. The van der Waals surface area contributed by atoms with Gasteiger partial charge < -0.3 is 10.2 Å². The van der Waals surface area contributed by atoms with E-state index in [2.05, 4.69) is 30.4 Å². The van der Waals surface area contributed by atoms with Gasteiger partial charge in [0.1, 0.15) is 11.8 Å². The molecule has 4 nitrogen and oxygen atoms in total. The molecule has 0 fully saturated rings. The zero-order valence-corrected chi connectivity index (χ0v) is 12.9. The van der Waals surface area contributed by atoms with E-state index in [9.17, 15) is 4.39 Å². The van der Waals surface area contributed by atoms with Gasteiger partial charge in [-0.3, -0.25) is 0 Å². The van der Waals surface area contributed by atoms with E-state index < -0.39 is 6.04 Å². The van der Waals surface area contributed by atoms with Crippen LogP contribution in [0.1, 0.15) is 43.1 Å². The lowest BCUT2D eigenvalue weighted by molar-refractivity contribution is 0.496. The summed E-state index contributed by atoms with van der Waals surface area (Å²) in [4.78, 5) is 0.849. The first-order chi connectivity index (χ1) is 9.88. The Balaban J connectivity index is 2.07. The normalized spacial score (nSPS) is 13.8. The Hall–Kier alpha value is -1.79. The number of nitrogens with zero attached hydrogens (tertiary/aromatic N) is 2. The minimum atomic E-state index is -0.494. The molecule has 0 aliphatic rings. The van der Waals surface area contributed by atoms with Crippen molar-refractivity contribution >= 4 is 22.5 Å². The van der Waals surface area contributed by atoms with Crippen LogP contribution in [-0.2, 0) is 5.41 Å². The van der Waals surface area contributed by atoms with Crippen molar-refractivity contribution in [1.29, 1.82) is 0 Å². The molecule has 1 unspecified atom stereocenters. The maximum atomic E-state index is 13.7. The molecule has 21 heavy (non-hydrogen) atoms. The summed E-state index contributed by atoms with van der Waals surface area (Å²) in [5, 5.41) is 4.88. The molecular formula is C15H16FN3OS. The van der Waals surface area contributed by atoms with Gasteiger partial charge in [0.2, 0.25) is 0 Å². The van der Waals surface area contributed by atoms with Crippen molar-refractivity contribution in [2.45, 2.75) is 32.2 Å². The number of para-hydroxylation sites is 1. The van der Waals surface area contributed by atoms with Crippen LogP contribution in [0, 0.1) is 5.82 Å². The Morgan fingerprint density at radius 2 is 2.10 bits per heavy atom. The van der Waals surface area contributed by atoms with Crippen LogP contribution < -0.4 is 5.73 Å². The van der Waals surface area contributed by atoms with Gasteiger partial charge in [-0.1, -0.05) is 37.4 Å². The van der Waals surface area contributed by atoms with E-state index in [0.717, 1.165) is 10.6 Å². The van der Waals surface area contributed by atoms with E-state index in [4.69, 9.17) is 10.2 Å². The highest BCUT2D eigenvalue weighted by Gasteiger charge is 2.28. The average Bonchev–Trinajstić information content (AvgIpc) is 3.04. The van der Waals surface area contributed by atoms with Gasteiger partial charge in [-0.2, -0.15) is 0 Å². The first kappa shape index (κ1) is 14.2. The molecule has 110 valence electrons. The lowest BCUT2D eigenvalue weighted by Crippen LogP contribution is -2.19. The van der Waals surface area contributed by atoms with Gasteiger partial charge >= 0.3 is 0 Å². The zero-order valence-electron chi connectivity index (χ0n) is 12.1. The SMILES string of the molecule is CC(C)(C)c1nnsc1C(N)c1cc2cccc(F)c2o1. The van der Waals surface area contributed by atoms with Crippen LogP contribution in [0.4, 0.5) is 4.39 Å². The summed E-state index contributed by atoms with van der Waals surface area (Å²) < 4.78 is 23.3. The minimum absolute atomic E-state index is 0.156. The number of fused-ring (bicyclic) bond motifs is 1. The second kappa shape index (κ2) is 4.89. The van der Waals surface area contributed by atoms with Gasteiger partial charge in [0, 0.05) is 10.8 Å². The molecule has 0 saturated carbocycles. The van der Waals surface area contributed by atoms with Crippen LogP contribution in [0.3, 0.4) is 0 Å². The number of furan rings is 1. The fraction of sp³-hybridized carbons (Fsp3) is 0.333. The van der Waals surface area contributed by atoms with Crippen LogP contribution in [-0.4, -0.2) is 9.59 Å². The van der Waals surface area contributed by atoms with Gasteiger partial charge in [-0.05, 0) is 23.7 Å². The topological polar surface area (TPSA) is 64.9 Å². The smallest absolute Gasteiger partial charge is 0.169 e. The van der Waals surface area contributed by atoms with Crippen LogP contribution in [0.25, 0.3) is 11.0 Å². The lowest BCUT2D eigenvalue weighted by atomic mass is 9.90. The van der Waals surface area contributed by atoms with Crippen molar-refractivity contribution in [3.8, 4) is 0 Å². The Kier molecular flexibility index (Phi) is 3.30. The summed E-state index contributed by atoms with van der Waals surface area (Å²) in [6, 6.07) is 6.10.